The van der Waals surface area contributed by atoms with Gasteiger partial charge in [-0.1, -0.05) is 30.7 Å². The van der Waals surface area contributed by atoms with Gasteiger partial charge in [0.05, 0.1) is 29.5 Å². The molecule has 0 heterocycles. The van der Waals surface area contributed by atoms with Crippen molar-refractivity contribution in [3.05, 3.63) is 58.9 Å². The quantitative estimate of drug-likeness (QED) is 0.734. The molecule has 0 saturated heterocycles. The van der Waals surface area contributed by atoms with Crippen LogP contribution in [-0.2, 0) is 21.2 Å². The van der Waals surface area contributed by atoms with Crippen LogP contribution in [0.5, 0.6) is 0 Å². The molecule has 0 radical (unpaired) electrons. The van der Waals surface area contributed by atoms with Crippen LogP contribution in [0, 0.1) is 17.1 Å². The molecule has 28 heavy (non-hydrogen) atoms. The largest absolute Gasteiger partial charge is 0.324 e. The van der Waals surface area contributed by atoms with Crippen molar-refractivity contribution in [2.75, 3.05) is 15.9 Å². The van der Waals surface area contributed by atoms with Crippen LogP contribution in [0.3, 0.4) is 0 Å². The lowest BCUT2D eigenvalue weighted by molar-refractivity contribution is -0.117. The molecule has 1 atom stereocenters. The van der Waals surface area contributed by atoms with Crippen LogP contribution in [0.4, 0.5) is 15.8 Å². The van der Waals surface area contributed by atoms with E-state index in [2.05, 4.69) is 5.32 Å². The Morgan fingerprint density at radius 2 is 1.93 bits per heavy atom. The number of hydrogen-bond donors (Lipinski definition) is 1. The minimum atomic E-state index is -3.85. The molecule has 1 N–H and O–H groups in total. The third-order valence-corrected chi connectivity index (χ3v) is 5.46. The van der Waals surface area contributed by atoms with E-state index in [0.29, 0.717) is 5.69 Å². The first-order valence-electron chi connectivity index (χ1n) is 8.38. The molecule has 0 aromatic heterocycles. The van der Waals surface area contributed by atoms with E-state index in [4.69, 9.17) is 16.9 Å². The highest BCUT2D eigenvalue weighted by molar-refractivity contribution is 7.92. The van der Waals surface area contributed by atoms with Crippen LogP contribution in [-0.4, -0.2) is 26.6 Å². The summed E-state index contributed by atoms with van der Waals surface area (Å²) in [5, 5.41) is 11.1. The van der Waals surface area contributed by atoms with Gasteiger partial charge in [0.2, 0.25) is 15.9 Å². The highest BCUT2D eigenvalue weighted by Crippen LogP contribution is 2.27. The first-order valence-corrected chi connectivity index (χ1v) is 10.6. The lowest BCUT2D eigenvalue weighted by atomic mass is 10.1. The highest BCUT2D eigenvalue weighted by atomic mass is 35.5. The lowest BCUT2D eigenvalue weighted by Gasteiger charge is -2.30. The van der Waals surface area contributed by atoms with Crippen molar-refractivity contribution in [3.8, 4) is 6.07 Å². The zero-order valence-electron chi connectivity index (χ0n) is 15.3. The fraction of sp³-hybridized carbons (Fsp3) is 0.263. The molecule has 0 fully saturated rings. The smallest absolute Gasteiger partial charge is 0.248 e. The van der Waals surface area contributed by atoms with E-state index < -0.39 is 27.8 Å². The van der Waals surface area contributed by atoms with E-state index in [1.54, 1.807) is 31.2 Å². The first kappa shape index (κ1) is 21.7. The highest BCUT2D eigenvalue weighted by Gasteiger charge is 2.32. The Balaban J connectivity index is 2.33. The van der Waals surface area contributed by atoms with Gasteiger partial charge < -0.3 is 5.32 Å². The summed E-state index contributed by atoms with van der Waals surface area (Å²) in [7, 11) is -3.85. The van der Waals surface area contributed by atoms with Crippen molar-refractivity contribution in [3.63, 3.8) is 0 Å². The molecule has 0 spiro atoms. The average molecular weight is 424 g/mol. The van der Waals surface area contributed by atoms with Crippen LogP contribution in [0.1, 0.15) is 18.9 Å². The second kappa shape index (κ2) is 9.04. The minimum Gasteiger partial charge on any atom is -0.324 e. The molecule has 0 bridgehead atoms. The summed E-state index contributed by atoms with van der Waals surface area (Å²) in [6.07, 6.45) is 1.40. The summed E-state index contributed by atoms with van der Waals surface area (Å²) in [5.41, 5.74) is 1.36. The van der Waals surface area contributed by atoms with E-state index >= 15 is 0 Å². The van der Waals surface area contributed by atoms with Crippen molar-refractivity contribution in [2.24, 2.45) is 0 Å². The number of hydrogen-bond acceptors (Lipinski definition) is 4. The van der Waals surface area contributed by atoms with Gasteiger partial charge in [-0.2, -0.15) is 5.26 Å². The Morgan fingerprint density at radius 3 is 2.43 bits per heavy atom. The van der Waals surface area contributed by atoms with Gasteiger partial charge >= 0.3 is 0 Å². The molecule has 0 aliphatic heterocycles. The molecule has 2 aromatic rings. The zero-order chi connectivity index (χ0) is 20.9. The van der Waals surface area contributed by atoms with Gasteiger partial charge in [-0.25, -0.2) is 12.8 Å². The first-order chi connectivity index (χ1) is 13.2. The number of carbonyl (C=O) groups excluding carboxylic acids is 1. The number of halogens is 2. The number of amides is 1. The predicted molar refractivity (Wildman–Crippen MR) is 107 cm³/mol. The Kier molecular flexibility index (Phi) is 7.00. The van der Waals surface area contributed by atoms with Gasteiger partial charge in [-0.05, 0) is 42.3 Å². The van der Waals surface area contributed by atoms with Crippen molar-refractivity contribution in [1.29, 1.82) is 5.26 Å². The topological polar surface area (TPSA) is 90.3 Å². The third-order valence-electron chi connectivity index (χ3n) is 3.99. The van der Waals surface area contributed by atoms with Crippen LogP contribution < -0.4 is 9.62 Å². The number of benzene rings is 2. The molecule has 0 saturated carbocycles. The van der Waals surface area contributed by atoms with E-state index in [-0.39, 0.29) is 23.6 Å². The molecule has 0 aliphatic carbocycles. The molecule has 1 unspecified atom stereocenters. The number of sulfonamides is 1. The predicted octanol–water partition coefficient (Wildman–Crippen LogP) is 3.73. The average Bonchev–Trinajstić information content (AvgIpc) is 2.63. The number of rotatable bonds is 7. The summed E-state index contributed by atoms with van der Waals surface area (Å²) in [6, 6.07) is 11.1. The lowest BCUT2D eigenvalue weighted by Crippen LogP contribution is -2.47. The third kappa shape index (κ3) is 5.21. The van der Waals surface area contributed by atoms with Crippen molar-refractivity contribution >= 4 is 38.9 Å². The molecule has 6 nitrogen and oxygen atoms in total. The Hall–Kier alpha value is -2.63. The summed E-state index contributed by atoms with van der Waals surface area (Å²) in [6.45, 7) is 1.67. The Labute approximate surface area is 168 Å². The van der Waals surface area contributed by atoms with Crippen LogP contribution in [0.15, 0.2) is 42.5 Å². The van der Waals surface area contributed by atoms with Crippen LogP contribution in [0.25, 0.3) is 0 Å². The number of anilines is 2. The zero-order valence-corrected chi connectivity index (χ0v) is 16.9. The molecular formula is C19H19ClFN3O3S. The van der Waals surface area contributed by atoms with Crippen molar-refractivity contribution in [1.82, 2.24) is 0 Å². The molecule has 1 amide bonds. The Morgan fingerprint density at radius 1 is 1.29 bits per heavy atom. The van der Waals surface area contributed by atoms with Crippen LogP contribution in [0.2, 0.25) is 5.02 Å². The van der Waals surface area contributed by atoms with E-state index in [1.165, 1.54) is 12.1 Å². The fourth-order valence-electron chi connectivity index (χ4n) is 2.71. The van der Waals surface area contributed by atoms with Crippen molar-refractivity contribution < 1.29 is 17.6 Å². The molecule has 9 heteroatoms. The standard InChI is InChI=1S/C19H19ClFN3O3S/c1-3-18(19(25)23-14-6-4-13(5-7-14)10-11-22)24(28(2,26)27)15-8-9-17(21)16(20)12-15/h4-9,12,18H,3,10H2,1-2H3,(H,23,25). The summed E-state index contributed by atoms with van der Waals surface area (Å²) < 4.78 is 39.2. The van der Waals surface area contributed by atoms with Crippen molar-refractivity contribution in [2.45, 2.75) is 25.8 Å². The van der Waals surface area contributed by atoms with Gasteiger partial charge in [-0.3, -0.25) is 9.10 Å². The summed E-state index contributed by atoms with van der Waals surface area (Å²) >= 11 is 5.79. The van der Waals surface area contributed by atoms with E-state index in [0.717, 1.165) is 22.2 Å². The maximum Gasteiger partial charge on any atom is 0.248 e. The van der Waals surface area contributed by atoms with E-state index in [9.17, 15) is 17.6 Å². The maximum atomic E-state index is 13.5. The number of nitrogens with one attached hydrogen (secondary N) is 1. The summed E-state index contributed by atoms with van der Waals surface area (Å²) in [4.78, 5) is 12.8. The van der Waals surface area contributed by atoms with Gasteiger partial charge in [0.25, 0.3) is 0 Å². The van der Waals surface area contributed by atoms with Gasteiger partial charge in [0.15, 0.2) is 0 Å². The van der Waals surface area contributed by atoms with Gasteiger partial charge in [0.1, 0.15) is 11.9 Å². The molecule has 0 aliphatic rings. The van der Waals surface area contributed by atoms with Gasteiger partial charge in [-0.15, -0.1) is 0 Å². The number of carbonyl (C=O) groups is 1. The number of nitriles is 1. The number of nitrogens with zero attached hydrogens (tertiary/aromatic N) is 2. The van der Waals surface area contributed by atoms with Gasteiger partial charge in [0, 0.05) is 5.69 Å². The maximum absolute atomic E-state index is 13.5. The second-order valence-corrected chi connectivity index (χ2v) is 8.37. The second-order valence-electron chi connectivity index (χ2n) is 6.10. The summed E-state index contributed by atoms with van der Waals surface area (Å²) in [5.74, 6) is -1.23. The molecule has 148 valence electrons. The molecular weight excluding hydrogens is 405 g/mol. The SMILES string of the molecule is CCC(C(=O)Nc1ccc(CC#N)cc1)N(c1ccc(F)c(Cl)c1)S(C)(=O)=O. The van der Waals surface area contributed by atoms with Crippen LogP contribution >= 0.6 is 11.6 Å². The monoisotopic (exact) mass is 423 g/mol. The Bertz CT molecular complexity index is 1000. The normalized spacial score (nSPS) is 12.1. The van der Waals surface area contributed by atoms with E-state index in [1.807, 2.05) is 6.07 Å². The molecule has 2 rings (SSSR count). The minimum absolute atomic E-state index is 0.0975. The fourth-order valence-corrected chi connectivity index (χ4v) is 4.08. The molecule has 2 aromatic carbocycles.